The van der Waals surface area contributed by atoms with E-state index in [9.17, 15) is 4.79 Å². The monoisotopic (exact) mass is 243 g/mol. The van der Waals surface area contributed by atoms with Crippen molar-refractivity contribution in [1.82, 2.24) is 15.5 Å². The number of hydrogen-bond acceptors (Lipinski definition) is 3. The quantitative estimate of drug-likeness (QED) is 0.583. The third-order valence-electron chi connectivity index (χ3n) is 3.20. The Morgan fingerprint density at radius 1 is 1.47 bits per heavy atom. The smallest absolute Gasteiger partial charge is 0.315 e. The Bertz CT molecular complexity index is 228. The van der Waals surface area contributed by atoms with Crippen LogP contribution >= 0.6 is 0 Å². The predicted molar refractivity (Wildman–Crippen MR) is 68.0 cm³/mol. The van der Waals surface area contributed by atoms with Crippen molar-refractivity contribution in [2.75, 3.05) is 26.2 Å². The molecule has 0 heterocycles. The van der Waals surface area contributed by atoms with Gasteiger partial charge in [0.05, 0.1) is 12.6 Å². The average Bonchev–Trinajstić information content (AvgIpc) is 3.16. The van der Waals surface area contributed by atoms with Crippen LogP contribution in [0.4, 0.5) is 4.79 Å². The van der Waals surface area contributed by atoms with Gasteiger partial charge in [-0.05, 0) is 25.8 Å². The maximum Gasteiger partial charge on any atom is 0.315 e. The third kappa shape index (κ3) is 5.37. The summed E-state index contributed by atoms with van der Waals surface area (Å²) in [5.41, 5.74) is 0. The molecule has 1 rings (SSSR count). The van der Waals surface area contributed by atoms with Gasteiger partial charge in [-0.1, -0.05) is 13.8 Å². The molecule has 0 saturated heterocycles. The number of nitrogens with zero attached hydrogens (tertiary/aromatic N) is 1. The van der Waals surface area contributed by atoms with Crippen molar-refractivity contribution in [3.05, 3.63) is 0 Å². The van der Waals surface area contributed by atoms with Crippen LogP contribution in [-0.4, -0.2) is 54.4 Å². The molecule has 0 aromatic heterocycles. The van der Waals surface area contributed by atoms with Gasteiger partial charge < -0.3 is 15.7 Å². The zero-order valence-corrected chi connectivity index (χ0v) is 10.9. The molecule has 100 valence electrons. The highest BCUT2D eigenvalue weighted by Crippen LogP contribution is 2.25. The van der Waals surface area contributed by atoms with E-state index in [4.69, 9.17) is 5.11 Å². The topological polar surface area (TPSA) is 64.6 Å². The fourth-order valence-electron chi connectivity index (χ4n) is 1.86. The number of carbonyl (C=O) groups excluding carboxylic acids is 1. The van der Waals surface area contributed by atoms with E-state index in [-0.39, 0.29) is 18.7 Å². The SMILES string of the molecule is CCC(CO)NC(=O)NCCN(CC)C1CC1. The largest absolute Gasteiger partial charge is 0.394 e. The molecule has 1 aliphatic rings. The first-order valence-electron chi connectivity index (χ1n) is 6.60. The van der Waals surface area contributed by atoms with Crippen LogP contribution in [0.25, 0.3) is 0 Å². The molecule has 1 unspecified atom stereocenters. The fourth-order valence-corrected chi connectivity index (χ4v) is 1.86. The van der Waals surface area contributed by atoms with Crippen LogP contribution in [0.3, 0.4) is 0 Å². The minimum absolute atomic E-state index is 0.00687. The van der Waals surface area contributed by atoms with Gasteiger partial charge in [-0.2, -0.15) is 0 Å². The molecule has 5 nitrogen and oxygen atoms in total. The van der Waals surface area contributed by atoms with Crippen LogP contribution in [0.15, 0.2) is 0 Å². The number of rotatable bonds is 8. The van der Waals surface area contributed by atoms with Crippen LogP contribution in [0.1, 0.15) is 33.1 Å². The summed E-state index contributed by atoms with van der Waals surface area (Å²) in [5, 5.41) is 14.5. The van der Waals surface area contributed by atoms with Crippen LogP contribution in [0, 0.1) is 0 Å². The van der Waals surface area contributed by atoms with Gasteiger partial charge in [0.25, 0.3) is 0 Å². The van der Waals surface area contributed by atoms with Gasteiger partial charge >= 0.3 is 6.03 Å². The summed E-state index contributed by atoms with van der Waals surface area (Å²) in [6.07, 6.45) is 3.33. The van der Waals surface area contributed by atoms with E-state index in [1.165, 1.54) is 12.8 Å². The van der Waals surface area contributed by atoms with Crippen molar-refractivity contribution >= 4 is 6.03 Å². The van der Waals surface area contributed by atoms with E-state index in [1.807, 2.05) is 6.92 Å². The van der Waals surface area contributed by atoms with Crippen molar-refractivity contribution in [2.45, 2.75) is 45.2 Å². The Morgan fingerprint density at radius 2 is 2.18 bits per heavy atom. The van der Waals surface area contributed by atoms with E-state index in [1.54, 1.807) is 0 Å². The predicted octanol–water partition coefficient (Wildman–Crippen LogP) is 0.541. The maximum atomic E-state index is 11.5. The lowest BCUT2D eigenvalue weighted by molar-refractivity contribution is 0.212. The zero-order chi connectivity index (χ0) is 12.7. The molecular formula is C12H25N3O2. The second-order valence-electron chi connectivity index (χ2n) is 4.55. The minimum atomic E-state index is -0.183. The molecule has 5 heteroatoms. The number of carbonyl (C=O) groups is 1. The minimum Gasteiger partial charge on any atom is -0.394 e. The van der Waals surface area contributed by atoms with Gasteiger partial charge in [0.1, 0.15) is 0 Å². The van der Waals surface area contributed by atoms with Crippen LogP contribution in [-0.2, 0) is 0 Å². The highest BCUT2D eigenvalue weighted by Gasteiger charge is 2.27. The van der Waals surface area contributed by atoms with Gasteiger partial charge in [-0.15, -0.1) is 0 Å². The van der Waals surface area contributed by atoms with Gasteiger partial charge in [0.2, 0.25) is 0 Å². The van der Waals surface area contributed by atoms with E-state index >= 15 is 0 Å². The van der Waals surface area contributed by atoms with Gasteiger partial charge in [0, 0.05) is 19.1 Å². The normalized spacial score (nSPS) is 16.9. The molecule has 0 spiro atoms. The summed E-state index contributed by atoms with van der Waals surface area (Å²) < 4.78 is 0. The Labute approximate surface area is 104 Å². The van der Waals surface area contributed by atoms with E-state index in [0.717, 1.165) is 25.6 Å². The average molecular weight is 243 g/mol. The first-order valence-corrected chi connectivity index (χ1v) is 6.60. The number of aliphatic hydroxyl groups is 1. The number of aliphatic hydroxyl groups excluding tert-OH is 1. The lowest BCUT2D eigenvalue weighted by atomic mass is 10.2. The molecule has 0 aliphatic heterocycles. The second kappa shape index (κ2) is 7.50. The Hall–Kier alpha value is -0.810. The first kappa shape index (κ1) is 14.3. The molecule has 3 N–H and O–H groups in total. The summed E-state index contributed by atoms with van der Waals surface area (Å²) in [6.45, 7) is 6.70. The number of hydrogen-bond donors (Lipinski definition) is 3. The Kier molecular flexibility index (Phi) is 6.29. The molecule has 1 saturated carbocycles. The van der Waals surface area contributed by atoms with Gasteiger partial charge in [0.15, 0.2) is 0 Å². The number of amides is 2. The highest BCUT2D eigenvalue weighted by atomic mass is 16.3. The van der Waals surface area contributed by atoms with E-state index in [2.05, 4.69) is 22.5 Å². The van der Waals surface area contributed by atoms with Crippen molar-refractivity contribution < 1.29 is 9.90 Å². The molecule has 1 fully saturated rings. The van der Waals surface area contributed by atoms with E-state index < -0.39 is 0 Å². The molecule has 0 radical (unpaired) electrons. The molecular weight excluding hydrogens is 218 g/mol. The number of urea groups is 1. The molecule has 2 amide bonds. The van der Waals surface area contributed by atoms with Crippen LogP contribution in [0.2, 0.25) is 0 Å². The lowest BCUT2D eigenvalue weighted by Gasteiger charge is -2.20. The molecule has 1 aliphatic carbocycles. The standard InChI is InChI=1S/C12H25N3O2/c1-3-10(9-16)14-12(17)13-7-8-15(4-2)11-5-6-11/h10-11,16H,3-9H2,1-2H3,(H2,13,14,17). The number of likely N-dealkylation sites (N-methyl/N-ethyl adjacent to an activating group) is 1. The lowest BCUT2D eigenvalue weighted by Crippen LogP contribution is -2.45. The molecule has 0 bridgehead atoms. The second-order valence-corrected chi connectivity index (χ2v) is 4.55. The van der Waals surface area contributed by atoms with Crippen LogP contribution < -0.4 is 10.6 Å². The van der Waals surface area contributed by atoms with Gasteiger partial charge in [-0.3, -0.25) is 4.90 Å². The molecule has 17 heavy (non-hydrogen) atoms. The van der Waals surface area contributed by atoms with Gasteiger partial charge in [-0.25, -0.2) is 4.79 Å². The first-order chi connectivity index (χ1) is 8.21. The summed E-state index contributed by atoms with van der Waals surface area (Å²) in [7, 11) is 0. The zero-order valence-electron chi connectivity index (χ0n) is 10.9. The summed E-state index contributed by atoms with van der Waals surface area (Å²) in [4.78, 5) is 13.9. The van der Waals surface area contributed by atoms with Crippen molar-refractivity contribution in [3.63, 3.8) is 0 Å². The van der Waals surface area contributed by atoms with Crippen molar-refractivity contribution in [1.29, 1.82) is 0 Å². The maximum absolute atomic E-state index is 11.5. The van der Waals surface area contributed by atoms with Crippen LogP contribution in [0.5, 0.6) is 0 Å². The Balaban J connectivity index is 2.10. The fraction of sp³-hybridized carbons (Fsp3) is 0.917. The third-order valence-corrected chi connectivity index (χ3v) is 3.20. The molecule has 1 atom stereocenters. The highest BCUT2D eigenvalue weighted by molar-refractivity contribution is 5.74. The summed E-state index contributed by atoms with van der Waals surface area (Å²) in [6, 6.07) is 0.421. The number of nitrogens with one attached hydrogen (secondary N) is 2. The van der Waals surface area contributed by atoms with Crippen molar-refractivity contribution in [3.8, 4) is 0 Å². The molecule has 0 aromatic carbocycles. The Morgan fingerprint density at radius 3 is 2.65 bits per heavy atom. The van der Waals surface area contributed by atoms with E-state index in [0.29, 0.717) is 6.54 Å². The summed E-state index contributed by atoms with van der Waals surface area (Å²) in [5.74, 6) is 0. The molecule has 0 aromatic rings. The summed E-state index contributed by atoms with van der Waals surface area (Å²) >= 11 is 0. The van der Waals surface area contributed by atoms with Crippen molar-refractivity contribution in [2.24, 2.45) is 0 Å².